The summed E-state index contributed by atoms with van der Waals surface area (Å²) >= 11 is 0. The van der Waals surface area contributed by atoms with Crippen molar-refractivity contribution < 1.29 is 4.39 Å². The van der Waals surface area contributed by atoms with Gasteiger partial charge in [0.15, 0.2) is 0 Å². The van der Waals surface area contributed by atoms with E-state index in [-0.39, 0.29) is 0 Å². The van der Waals surface area contributed by atoms with Gasteiger partial charge in [0.25, 0.3) is 0 Å². The third-order valence-electron chi connectivity index (χ3n) is 4.70. The van der Waals surface area contributed by atoms with Crippen LogP contribution < -0.4 is 10.6 Å². The molecule has 1 aromatic carbocycles. The number of aromatic nitrogens is 2. The van der Waals surface area contributed by atoms with Gasteiger partial charge in [-0.05, 0) is 52.2 Å². The Morgan fingerprint density at radius 3 is 2.73 bits per heavy atom. The smallest absolute Gasteiger partial charge is 0.127 e. The number of halogens is 1. The summed E-state index contributed by atoms with van der Waals surface area (Å²) < 4.78 is 13.9. The highest BCUT2D eigenvalue weighted by Gasteiger charge is 2.12. The van der Waals surface area contributed by atoms with E-state index in [2.05, 4.69) is 46.2 Å². The Labute approximate surface area is 177 Å². The summed E-state index contributed by atoms with van der Waals surface area (Å²) in [7, 11) is 4.13. The van der Waals surface area contributed by atoms with E-state index < -0.39 is 5.83 Å². The van der Waals surface area contributed by atoms with Gasteiger partial charge < -0.3 is 15.5 Å². The molecule has 2 aromatic heterocycles. The van der Waals surface area contributed by atoms with Crippen LogP contribution in [0, 0.1) is 0 Å². The monoisotopic (exact) mass is 405 g/mol. The Balaban J connectivity index is 1.88. The molecule has 30 heavy (non-hydrogen) atoms. The van der Waals surface area contributed by atoms with Crippen molar-refractivity contribution in [1.82, 2.24) is 14.9 Å². The minimum absolute atomic E-state index is 0.391. The third-order valence-corrected chi connectivity index (χ3v) is 4.70. The Bertz CT molecular complexity index is 1060. The number of rotatable bonds is 9. The lowest BCUT2D eigenvalue weighted by molar-refractivity contribution is 0.405. The maximum atomic E-state index is 13.9. The molecule has 5 nitrogen and oxygen atoms in total. The number of pyridine rings is 2. The van der Waals surface area contributed by atoms with Crippen molar-refractivity contribution in [3.05, 3.63) is 72.8 Å². The van der Waals surface area contributed by atoms with E-state index >= 15 is 0 Å². The number of nitrogens with zero attached hydrogens (tertiary/aromatic N) is 3. The second kappa shape index (κ2) is 9.98. The van der Waals surface area contributed by atoms with E-state index in [0.29, 0.717) is 11.3 Å². The molecular formula is C24H28FN5. The van der Waals surface area contributed by atoms with Crippen molar-refractivity contribution in [2.75, 3.05) is 37.8 Å². The second-order valence-corrected chi connectivity index (χ2v) is 7.32. The highest BCUT2D eigenvalue weighted by molar-refractivity contribution is 5.95. The van der Waals surface area contributed by atoms with Crippen LogP contribution in [0.4, 0.5) is 21.6 Å². The molecule has 0 radical (unpaired) electrons. The molecule has 2 N–H and O–H groups in total. The van der Waals surface area contributed by atoms with Gasteiger partial charge in [-0.15, -0.1) is 0 Å². The average Bonchev–Trinajstić information content (AvgIpc) is 2.72. The van der Waals surface area contributed by atoms with Gasteiger partial charge in [-0.1, -0.05) is 30.9 Å². The van der Waals surface area contributed by atoms with E-state index in [9.17, 15) is 4.39 Å². The van der Waals surface area contributed by atoms with Crippen LogP contribution >= 0.6 is 0 Å². The molecule has 0 spiro atoms. The number of allylic oxidation sites excluding steroid dienone is 3. The minimum Gasteiger partial charge on any atom is -0.370 e. The van der Waals surface area contributed by atoms with Crippen molar-refractivity contribution in [3.8, 4) is 0 Å². The van der Waals surface area contributed by atoms with Crippen molar-refractivity contribution in [2.45, 2.75) is 13.3 Å². The van der Waals surface area contributed by atoms with Gasteiger partial charge >= 0.3 is 0 Å². The molecule has 0 atom stereocenters. The zero-order valence-corrected chi connectivity index (χ0v) is 17.7. The fraction of sp³-hybridized carbons (Fsp3) is 0.250. The van der Waals surface area contributed by atoms with Crippen LogP contribution in [0.15, 0.2) is 67.1 Å². The van der Waals surface area contributed by atoms with E-state index in [4.69, 9.17) is 0 Å². The fourth-order valence-corrected chi connectivity index (χ4v) is 3.23. The third kappa shape index (κ3) is 5.42. The molecule has 0 bridgehead atoms. The zero-order chi connectivity index (χ0) is 21.5. The largest absolute Gasteiger partial charge is 0.370 e. The first-order valence-corrected chi connectivity index (χ1v) is 10.0. The van der Waals surface area contributed by atoms with E-state index in [1.54, 1.807) is 19.2 Å². The number of hydrogen-bond donors (Lipinski definition) is 2. The van der Waals surface area contributed by atoms with Gasteiger partial charge in [0, 0.05) is 35.5 Å². The van der Waals surface area contributed by atoms with E-state index in [1.165, 1.54) is 0 Å². The van der Waals surface area contributed by atoms with Crippen LogP contribution in [0.2, 0.25) is 0 Å². The van der Waals surface area contributed by atoms with Crippen molar-refractivity contribution in [2.24, 2.45) is 0 Å². The van der Waals surface area contributed by atoms with Crippen molar-refractivity contribution in [1.29, 1.82) is 0 Å². The topological polar surface area (TPSA) is 53.1 Å². The number of anilines is 3. The van der Waals surface area contributed by atoms with E-state index in [1.807, 2.05) is 42.5 Å². The predicted octanol–water partition coefficient (Wildman–Crippen LogP) is 5.62. The van der Waals surface area contributed by atoms with Crippen LogP contribution in [-0.4, -0.2) is 42.1 Å². The predicted molar refractivity (Wildman–Crippen MR) is 125 cm³/mol. The molecule has 0 aliphatic rings. The summed E-state index contributed by atoms with van der Waals surface area (Å²) in [4.78, 5) is 11.2. The van der Waals surface area contributed by atoms with Gasteiger partial charge in [-0.25, -0.2) is 14.4 Å². The maximum absolute atomic E-state index is 13.9. The standard InChI is InChI=1S/C24H28FN5/c1-5-19(17(2)25)22-16-23(20-9-6-7-10-21(20)29-22)28-18-11-13-27-24(15-18)26-12-8-14-30(3)4/h5-7,9-11,13,15-16H,2,8,12,14H2,1,3-4H3,(H2,26,27,28,29)/b19-5+. The highest BCUT2D eigenvalue weighted by Crippen LogP contribution is 2.31. The van der Waals surface area contributed by atoms with Gasteiger partial charge in [0.1, 0.15) is 11.6 Å². The molecule has 0 aliphatic carbocycles. The first-order chi connectivity index (χ1) is 14.5. The summed E-state index contributed by atoms with van der Waals surface area (Å²) in [6.07, 6.45) is 4.48. The lowest BCUT2D eigenvalue weighted by atomic mass is 10.1. The number of hydrogen-bond acceptors (Lipinski definition) is 5. The summed E-state index contributed by atoms with van der Waals surface area (Å²) in [5.74, 6) is 0.308. The Kier molecular flexibility index (Phi) is 7.14. The molecule has 3 aromatic rings. The first-order valence-electron chi connectivity index (χ1n) is 10.0. The van der Waals surface area contributed by atoms with Gasteiger partial charge in [-0.3, -0.25) is 0 Å². The molecule has 0 aliphatic heterocycles. The molecule has 0 fully saturated rings. The number of benzene rings is 1. The lowest BCUT2D eigenvalue weighted by Gasteiger charge is -2.14. The quantitative estimate of drug-likeness (QED) is 0.357. The fourth-order valence-electron chi connectivity index (χ4n) is 3.23. The summed E-state index contributed by atoms with van der Waals surface area (Å²) in [6, 6.07) is 13.5. The first kappa shape index (κ1) is 21.5. The maximum Gasteiger partial charge on any atom is 0.127 e. The minimum atomic E-state index is -0.501. The number of nitrogens with one attached hydrogen (secondary N) is 2. The van der Waals surface area contributed by atoms with Crippen molar-refractivity contribution in [3.63, 3.8) is 0 Å². The molecule has 0 amide bonds. The highest BCUT2D eigenvalue weighted by atomic mass is 19.1. The van der Waals surface area contributed by atoms with Crippen LogP contribution in [-0.2, 0) is 0 Å². The number of para-hydroxylation sites is 1. The number of fused-ring (bicyclic) bond motifs is 1. The Morgan fingerprint density at radius 2 is 2.00 bits per heavy atom. The zero-order valence-electron chi connectivity index (χ0n) is 17.7. The molecule has 0 saturated carbocycles. The van der Waals surface area contributed by atoms with Crippen molar-refractivity contribution >= 4 is 33.7 Å². The van der Waals surface area contributed by atoms with Crippen LogP contribution in [0.5, 0.6) is 0 Å². The molecule has 0 unspecified atom stereocenters. The summed E-state index contributed by atoms with van der Waals surface area (Å²) in [5.41, 5.74) is 3.46. The lowest BCUT2D eigenvalue weighted by Crippen LogP contribution is -2.16. The normalized spacial score (nSPS) is 11.7. The molecule has 2 heterocycles. The van der Waals surface area contributed by atoms with Crippen LogP contribution in [0.3, 0.4) is 0 Å². The van der Waals surface area contributed by atoms with Gasteiger partial charge in [0.05, 0.1) is 16.9 Å². The molecule has 156 valence electrons. The Hall–Kier alpha value is -3.25. The van der Waals surface area contributed by atoms with Crippen LogP contribution in [0.25, 0.3) is 16.5 Å². The summed E-state index contributed by atoms with van der Waals surface area (Å²) in [6.45, 7) is 7.08. The second-order valence-electron chi connectivity index (χ2n) is 7.32. The van der Waals surface area contributed by atoms with E-state index in [0.717, 1.165) is 47.6 Å². The molecule has 0 saturated heterocycles. The average molecular weight is 406 g/mol. The Morgan fingerprint density at radius 1 is 1.20 bits per heavy atom. The van der Waals surface area contributed by atoms with Gasteiger partial charge in [0.2, 0.25) is 0 Å². The SMILES string of the molecule is C=C(F)/C(=C\C)c1cc(Nc2ccnc(NCCCN(C)C)c2)c2ccccc2n1. The van der Waals surface area contributed by atoms with Gasteiger partial charge in [-0.2, -0.15) is 0 Å². The molecular weight excluding hydrogens is 377 g/mol. The summed E-state index contributed by atoms with van der Waals surface area (Å²) in [5, 5.41) is 7.76. The van der Waals surface area contributed by atoms with Crippen LogP contribution in [0.1, 0.15) is 19.0 Å². The molecule has 6 heteroatoms. The molecule has 3 rings (SSSR count).